The Morgan fingerprint density at radius 2 is 2.04 bits per heavy atom. The second-order valence-electron chi connectivity index (χ2n) is 6.50. The van der Waals surface area contributed by atoms with Crippen LogP contribution in [0.2, 0.25) is 0 Å². The smallest absolute Gasteiger partial charge is 0.318 e. The normalized spacial score (nSPS) is 16.2. The van der Waals surface area contributed by atoms with E-state index in [1.807, 2.05) is 38.1 Å². The molecule has 1 aliphatic rings. The molecule has 1 aromatic carbocycles. The predicted molar refractivity (Wildman–Crippen MR) is 99.5 cm³/mol. The molecular weight excluding hydrogens is 348 g/mol. The van der Waals surface area contributed by atoms with Crippen LogP contribution in [0.4, 0.5) is 4.79 Å². The van der Waals surface area contributed by atoms with Gasteiger partial charge in [-0.3, -0.25) is 0 Å². The number of carbonyl (C=O) groups excluding carboxylic acids is 1. The van der Waals surface area contributed by atoms with Crippen LogP contribution >= 0.6 is 0 Å². The van der Waals surface area contributed by atoms with Crippen LogP contribution in [0.1, 0.15) is 38.6 Å². The van der Waals surface area contributed by atoms with E-state index in [2.05, 4.69) is 15.5 Å². The molecule has 146 valence electrons. The molecule has 0 radical (unpaired) electrons. The summed E-state index contributed by atoms with van der Waals surface area (Å²) in [5.41, 5.74) is 0.822. The van der Waals surface area contributed by atoms with Gasteiger partial charge in [0, 0.05) is 25.3 Å². The fraction of sp³-hybridized carbons (Fsp3) is 0.526. The van der Waals surface area contributed by atoms with Gasteiger partial charge in [0.25, 0.3) is 0 Å². The molecule has 2 heterocycles. The van der Waals surface area contributed by atoms with Crippen molar-refractivity contribution in [1.29, 1.82) is 0 Å². The van der Waals surface area contributed by atoms with Gasteiger partial charge in [0.2, 0.25) is 11.7 Å². The van der Waals surface area contributed by atoms with Gasteiger partial charge in [-0.2, -0.15) is 4.98 Å². The lowest BCUT2D eigenvalue weighted by Crippen LogP contribution is -2.46. The number of nitrogens with one attached hydrogen (secondary N) is 1. The Balaban J connectivity index is 1.56. The van der Waals surface area contributed by atoms with Crippen molar-refractivity contribution < 1.29 is 18.8 Å². The number of carbonyl (C=O) groups is 1. The lowest BCUT2D eigenvalue weighted by molar-refractivity contribution is 0.0217. The number of benzene rings is 1. The third kappa shape index (κ3) is 4.77. The first-order valence-electron chi connectivity index (χ1n) is 9.25. The lowest BCUT2D eigenvalue weighted by Gasteiger charge is -2.32. The molecule has 2 aromatic rings. The van der Waals surface area contributed by atoms with Crippen LogP contribution in [0.25, 0.3) is 11.4 Å². The lowest BCUT2D eigenvalue weighted by atomic mass is 10.1. The number of aromatic nitrogens is 2. The van der Waals surface area contributed by atoms with Crippen molar-refractivity contribution in [3.63, 3.8) is 0 Å². The van der Waals surface area contributed by atoms with E-state index in [1.54, 1.807) is 12.0 Å². The number of urea groups is 1. The number of hydrogen-bond acceptors (Lipinski definition) is 6. The molecule has 1 atom stereocenters. The SMILES string of the molecule is CCOC1CCN(C(=O)N[C@@H](C)c2nc(-c3ccc(OC)cc3)no2)CC1. The first kappa shape index (κ1) is 19.2. The molecule has 27 heavy (non-hydrogen) atoms. The summed E-state index contributed by atoms with van der Waals surface area (Å²) < 4.78 is 16.1. The minimum atomic E-state index is -0.374. The highest BCUT2D eigenvalue weighted by atomic mass is 16.5. The van der Waals surface area contributed by atoms with Crippen molar-refractivity contribution in [3.05, 3.63) is 30.2 Å². The Labute approximate surface area is 158 Å². The molecule has 1 aliphatic heterocycles. The van der Waals surface area contributed by atoms with Crippen LogP contribution in [0, 0.1) is 0 Å². The topological polar surface area (TPSA) is 89.7 Å². The van der Waals surface area contributed by atoms with Crippen molar-refractivity contribution in [2.24, 2.45) is 0 Å². The van der Waals surface area contributed by atoms with Crippen molar-refractivity contribution >= 4 is 6.03 Å². The fourth-order valence-corrected chi connectivity index (χ4v) is 3.07. The second kappa shape index (κ2) is 8.85. The van der Waals surface area contributed by atoms with E-state index < -0.39 is 0 Å². The van der Waals surface area contributed by atoms with E-state index in [9.17, 15) is 4.79 Å². The van der Waals surface area contributed by atoms with Gasteiger partial charge in [-0.1, -0.05) is 5.16 Å². The van der Waals surface area contributed by atoms with E-state index in [-0.39, 0.29) is 18.2 Å². The number of hydrogen-bond donors (Lipinski definition) is 1. The molecule has 8 nitrogen and oxygen atoms in total. The minimum Gasteiger partial charge on any atom is -0.497 e. The molecule has 8 heteroatoms. The first-order chi connectivity index (χ1) is 13.1. The molecule has 1 N–H and O–H groups in total. The number of methoxy groups -OCH3 is 1. The van der Waals surface area contributed by atoms with Crippen molar-refractivity contribution in [2.75, 3.05) is 26.8 Å². The number of piperidine rings is 1. The third-order valence-corrected chi connectivity index (χ3v) is 4.63. The van der Waals surface area contributed by atoms with Crippen LogP contribution in [-0.4, -0.2) is 54.0 Å². The fourth-order valence-electron chi connectivity index (χ4n) is 3.07. The third-order valence-electron chi connectivity index (χ3n) is 4.63. The average Bonchev–Trinajstić information content (AvgIpc) is 3.19. The van der Waals surface area contributed by atoms with Crippen LogP contribution in [-0.2, 0) is 4.74 Å². The maximum atomic E-state index is 12.5. The van der Waals surface area contributed by atoms with Crippen LogP contribution < -0.4 is 10.1 Å². The zero-order chi connectivity index (χ0) is 19.2. The maximum Gasteiger partial charge on any atom is 0.318 e. The standard InChI is InChI=1S/C19H26N4O4/c1-4-26-16-9-11-23(12-10-16)19(24)20-13(2)18-21-17(22-27-18)14-5-7-15(25-3)8-6-14/h5-8,13,16H,4,9-12H2,1-3H3,(H,20,24)/t13-/m0/s1. The molecule has 0 bridgehead atoms. The number of likely N-dealkylation sites (tertiary alicyclic amines) is 1. The molecule has 1 fully saturated rings. The van der Waals surface area contributed by atoms with Gasteiger partial charge in [-0.25, -0.2) is 4.79 Å². The Bertz CT molecular complexity index is 738. The second-order valence-corrected chi connectivity index (χ2v) is 6.50. The summed E-state index contributed by atoms with van der Waals surface area (Å²) in [5, 5.41) is 6.93. The summed E-state index contributed by atoms with van der Waals surface area (Å²) in [6, 6.07) is 6.90. The average molecular weight is 374 g/mol. The molecule has 0 saturated carbocycles. The van der Waals surface area contributed by atoms with Crippen LogP contribution in [0.5, 0.6) is 5.75 Å². The largest absolute Gasteiger partial charge is 0.497 e. The highest BCUT2D eigenvalue weighted by Crippen LogP contribution is 2.22. The van der Waals surface area contributed by atoms with Crippen molar-refractivity contribution in [3.8, 4) is 17.1 Å². The number of nitrogens with zero attached hydrogens (tertiary/aromatic N) is 3. The molecule has 0 aliphatic carbocycles. The van der Waals surface area contributed by atoms with Crippen molar-refractivity contribution in [2.45, 2.75) is 38.8 Å². The number of ether oxygens (including phenoxy) is 2. The van der Waals surface area contributed by atoms with Gasteiger partial charge >= 0.3 is 6.03 Å². The molecule has 0 spiro atoms. The zero-order valence-electron chi connectivity index (χ0n) is 16.0. The summed E-state index contributed by atoms with van der Waals surface area (Å²) in [6.07, 6.45) is 1.97. The summed E-state index contributed by atoms with van der Waals surface area (Å²) in [6.45, 7) is 5.90. The van der Waals surface area contributed by atoms with Gasteiger partial charge in [-0.15, -0.1) is 0 Å². The van der Waals surface area contributed by atoms with Crippen LogP contribution in [0.3, 0.4) is 0 Å². The summed E-state index contributed by atoms with van der Waals surface area (Å²) in [7, 11) is 1.62. The minimum absolute atomic E-state index is 0.123. The summed E-state index contributed by atoms with van der Waals surface area (Å²) >= 11 is 0. The molecule has 3 rings (SSSR count). The number of rotatable bonds is 6. The van der Waals surface area contributed by atoms with Gasteiger partial charge in [0.15, 0.2) is 0 Å². The Kier molecular flexibility index (Phi) is 6.28. The van der Waals surface area contributed by atoms with E-state index in [0.717, 1.165) is 24.2 Å². The zero-order valence-corrected chi connectivity index (χ0v) is 16.0. The molecule has 1 saturated heterocycles. The van der Waals surface area contributed by atoms with Crippen LogP contribution in [0.15, 0.2) is 28.8 Å². The van der Waals surface area contributed by atoms with E-state index in [1.165, 1.54) is 0 Å². The highest BCUT2D eigenvalue weighted by Gasteiger charge is 2.25. The van der Waals surface area contributed by atoms with Gasteiger partial charge in [0.05, 0.1) is 13.2 Å². The molecule has 2 amide bonds. The first-order valence-corrected chi connectivity index (χ1v) is 9.25. The molecule has 1 aromatic heterocycles. The van der Waals surface area contributed by atoms with Gasteiger partial charge < -0.3 is 24.2 Å². The predicted octanol–water partition coefficient (Wildman–Crippen LogP) is 3.02. The quantitative estimate of drug-likeness (QED) is 0.836. The summed E-state index contributed by atoms with van der Waals surface area (Å²) in [4.78, 5) is 18.7. The Hall–Kier alpha value is -2.61. The maximum absolute atomic E-state index is 12.5. The monoisotopic (exact) mass is 374 g/mol. The molecular formula is C19H26N4O4. The Morgan fingerprint density at radius 3 is 2.67 bits per heavy atom. The van der Waals surface area contributed by atoms with E-state index in [4.69, 9.17) is 14.0 Å². The summed E-state index contributed by atoms with van der Waals surface area (Å²) in [5.74, 6) is 1.61. The highest BCUT2D eigenvalue weighted by molar-refractivity contribution is 5.74. The van der Waals surface area contributed by atoms with E-state index >= 15 is 0 Å². The van der Waals surface area contributed by atoms with E-state index in [0.29, 0.717) is 31.4 Å². The number of amides is 2. The molecule has 0 unspecified atom stereocenters. The van der Waals surface area contributed by atoms with Gasteiger partial charge in [0.1, 0.15) is 11.8 Å². The van der Waals surface area contributed by atoms with Gasteiger partial charge in [-0.05, 0) is 51.0 Å². The van der Waals surface area contributed by atoms with Crippen molar-refractivity contribution in [1.82, 2.24) is 20.4 Å². The Morgan fingerprint density at radius 1 is 1.33 bits per heavy atom.